The van der Waals surface area contributed by atoms with E-state index in [1.54, 1.807) is 20.3 Å². The van der Waals surface area contributed by atoms with Gasteiger partial charge in [-0.15, -0.1) is 0 Å². The molecule has 1 unspecified atom stereocenters. The molecule has 0 aliphatic carbocycles. The molecule has 1 aliphatic heterocycles. The lowest BCUT2D eigenvalue weighted by molar-refractivity contribution is -0.132. The van der Waals surface area contributed by atoms with Gasteiger partial charge in [0.15, 0.2) is 0 Å². The van der Waals surface area contributed by atoms with Crippen molar-refractivity contribution in [1.82, 2.24) is 4.90 Å². The fourth-order valence-corrected chi connectivity index (χ4v) is 2.71. The Balaban J connectivity index is 2.05. The van der Waals surface area contributed by atoms with E-state index in [4.69, 9.17) is 9.47 Å². The number of ether oxygens (including phenoxy) is 2. The zero-order valence-corrected chi connectivity index (χ0v) is 12.7. The van der Waals surface area contributed by atoms with Crippen LogP contribution in [0.1, 0.15) is 18.4 Å². The smallest absolute Gasteiger partial charge is 0.227 e. The molecule has 1 aromatic rings. The number of aliphatic hydroxyl groups is 1. The number of hydrogen-bond acceptors (Lipinski definition) is 4. The number of aliphatic hydroxyl groups excluding tert-OH is 1. The molecule has 116 valence electrons. The summed E-state index contributed by atoms with van der Waals surface area (Å²) in [5, 5.41) is 9.25. The number of hydrogen-bond donors (Lipinski definition) is 1. The van der Waals surface area contributed by atoms with Gasteiger partial charge in [-0.2, -0.15) is 0 Å². The molecule has 1 fully saturated rings. The number of likely N-dealkylation sites (tertiary alicyclic amines) is 1. The molecule has 1 amide bonds. The Hall–Kier alpha value is -1.75. The Morgan fingerprint density at radius 2 is 2.19 bits per heavy atom. The highest BCUT2D eigenvalue weighted by molar-refractivity contribution is 5.79. The number of benzene rings is 1. The van der Waals surface area contributed by atoms with Crippen molar-refractivity contribution in [2.45, 2.75) is 19.3 Å². The first-order valence-electron chi connectivity index (χ1n) is 7.27. The van der Waals surface area contributed by atoms with Crippen LogP contribution in [0, 0.1) is 5.92 Å². The van der Waals surface area contributed by atoms with E-state index >= 15 is 0 Å². The summed E-state index contributed by atoms with van der Waals surface area (Å²) in [4.78, 5) is 14.3. The molecule has 2 rings (SSSR count). The highest BCUT2D eigenvalue weighted by Gasteiger charge is 2.23. The summed E-state index contributed by atoms with van der Waals surface area (Å²) in [6, 6.07) is 5.48. The summed E-state index contributed by atoms with van der Waals surface area (Å²) in [7, 11) is 3.19. The number of nitrogens with zero attached hydrogens (tertiary/aromatic N) is 1. The van der Waals surface area contributed by atoms with E-state index in [1.165, 1.54) is 0 Å². The quantitative estimate of drug-likeness (QED) is 0.893. The predicted molar refractivity (Wildman–Crippen MR) is 79.6 cm³/mol. The van der Waals surface area contributed by atoms with Crippen LogP contribution < -0.4 is 9.47 Å². The van der Waals surface area contributed by atoms with E-state index in [9.17, 15) is 9.90 Å². The van der Waals surface area contributed by atoms with Gasteiger partial charge in [0.25, 0.3) is 0 Å². The lowest BCUT2D eigenvalue weighted by atomic mass is 9.98. The van der Waals surface area contributed by atoms with Crippen LogP contribution in [0.3, 0.4) is 0 Å². The monoisotopic (exact) mass is 293 g/mol. The average molecular weight is 293 g/mol. The second-order valence-corrected chi connectivity index (χ2v) is 5.39. The van der Waals surface area contributed by atoms with E-state index in [1.807, 2.05) is 17.0 Å². The van der Waals surface area contributed by atoms with Crippen molar-refractivity contribution in [3.63, 3.8) is 0 Å². The van der Waals surface area contributed by atoms with Gasteiger partial charge < -0.3 is 19.5 Å². The number of piperidine rings is 1. The molecule has 1 atom stereocenters. The lowest BCUT2D eigenvalue weighted by Crippen LogP contribution is -2.41. The topological polar surface area (TPSA) is 59.0 Å². The fraction of sp³-hybridized carbons (Fsp3) is 0.562. The van der Waals surface area contributed by atoms with Gasteiger partial charge >= 0.3 is 0 Å². The molecule has 5 nitrogen and oxygen atoms in total. The van der Waals surface area contributed by atoms with Crippen LogP contribution in [0.5, 0.6) is 11.5 Å². The van der Waals surface area contributed by atoms with Gasteiger partial charge in [-0.1, -0.05) is 6.07 Å². The standard InChI is InChI=1S/C16H23NO4/c1-20-14-6-5-13(15(9-14)21-2)8-16(19)17-7-3-4-12(10-17)11-18/h5-6,9,12,18H,3-4,7-8,10-11H2,1-2H3. The van der Waals surface area contributed by atoms with E-state index < -0.39 is 0 Å². The van der Waals surface area contributed by atoms with Crippen molar-refractivity contribution in [1.29, 1.82) is 0 Å². The molecular formula is C16H23NO4. The van der Waals surface area contributed by atoms with Crippen molar-refractivity contribution in [2.75, 3.05) is 33.9 Å². The van der Waals surface area contributed by atoms with Crippen LogP contribution >= 0.6 is 0 Å². The Labute approximate surface area is 125 Å². The molecule has 5 heteroatoms. The Morgan fingerprint density at radius 1 is 1.38 bits per heavy atom. The van der Waals surface area contributed by atoms with Crippen molar-refractivity contribution < 1.29 is 19.4 Å². The molecule has 21 heavy (non-hydrogen) atoms. The molecule has 1 aromatic carbocycles. The number of methoxy groups -OCH3 is 2. The summed E-state index contributed by atoms with van der Waals surface area (Å²) >= 11 is 0. The second-order valence-electron chi connectivity index (χ2n) is 5.39. The third-order valence-electron chi connectivity index (χ3n) is 3.97. The van der Waals surface area contributed by atoms with Gasteiger partial charge in [-0.05, 0) is 24.8 Å². The van der Waals surface area contributed by atoms with Gasteiger partial charge in [-0.3, -0.25) is 4.79 Å². The van der Waals surface area contributed by atoms with Gasteiger partial charge in [0, 0.05) is 31.3 Å². The van der Waals surface area contributed by atoms with Crippen molar-refractivity contribution >= 4 is 5.91 Å². The molecule has 0 radical (unpaired) electrons. The van der Waals surface area contributed by atoms with E-state index in [0.717, 1.165) is 24.9 Å². The Morgan fingerprint density at radius 3 is 2.86 bits per heavy atom. The number of rotatable bonds is 5. The summed E-state index contributed by atoms with van der Waals surface area (Å²) in [5.74, 6) is 1.66. The SMILES string of the molecule is COc1ccc(CC(=O)N2CCCC(CO)C2)c(OC)c1. The summed E-state index contributed by atoms with van der Waals surface area (Å²) < 4.78 is 10.5. The maximum atomic E-state index is 12.4. The molecule has 1 saturated heterocycles. The normalized spacial score (nSPS) is 18.4. The van der Waals surface area contributed by atoms with Crippen molar-refractivity contribution in [2.24, 2.45) is 5.92 Å². The second kappa shape index (κ2) is 7.31. The first kappa shape index (κ1) is 15.6. The van der Waals surface area contributed by atoms with Crippen molar-refractivity contribution in [3.05, 3.63) is 23.8 Å². The Kier molecular flexibility index (Phi) is 5.44. The van der Waals surface area contributed by atoms with Crippen LogP contribution in [0.25, 0.3) is 0 Å². The minimum absolute atomic E-state index is 0.0802. The maximum absolute atomic E-state index is 12.4. The number of amides is 1. The number of carbonyl (C=O) groups is 1. The molecule has 1 N–H and O–H groups in total. The van der Waals surface area contributed by atoms with Crippen LogP contribution in [0.15, 0.2) is 18.2 Å². The molecular weight excluding hydrogens is 270 g/mol. The maximum Gasteiger partial charge on any atom is 0.227 e. The predicted octanol–water partition coefficient (Wildman–Crippen LogP) is 1.48. The first-order valence-corrected chi connectivity index (χ1v) is 7.27. The van der Waals surface area contributed by atoms with Crippen LogP contribution in [-0.4, -0.2) is 49.8 Å². The minimum Gasteiger partial charge on any atom is -0.497 e. The summed E-state index contributed by atoms with van der Waals surface area (Å²) in [6.07, 6.45) is 2.26. The van der Waals surface area contributed by atoms with E-state index in [0.29, 0.717) is 24.5 Å². The minimum atomic E-state index is 0.0802. The van der Waals surface area contributed by atoms with Crippen LogP contribution in [0.4, 0.5) is 0 Å². The third-order valence-corrected chi connectivity index (χ3v) is 3.97. The first-order chi connectivity index (χ1) is 10.2. The highest BCUT2D eigenvalue weighted by atomic mass is 16.5. The molecule has 0 aromatic heterocycles. The van der Waals surface area contributed by atoms with Gasteiger partial charge in [0.1, 0.15) is 11.5 Å². The van der Waals surface area contributed by atoms with E-state index in [2.05, 4.69) is 0 Å². The highest BCUT2D eigenvalue weighted by Crippen LogP contribution is 2.26. The zero-order valence-electron chi connectivity index (χ0n) is 12.7. The molecule has 0 bridgehead atoms. The molecule has 0 saturated carbocycles. The van der Waals surface area contributed by atoms with Crippen molar-refractivity contribution in [3.8, 4) is 11.5 Å². The average Bonchev–Trinajstić information content (AvgIpc) is 2.55. The summed E-state index contributed by atoms with van der Waals surface area (Å²) in [6.45, 7) is 1.57. The third kappa shape index (κ3) is 3.88. The lowest BCUT2D eigenvalue weighted by Gasteiger charge is -2.32. The molecule has 1 aliphatic rings. The zero-order chi connectivity index (χ0) is 15.2. The van der Waals surface area contributed by atoms with Crippen LogP contribution in [-0.2, 0) is 11.2 Å². The largest absolute Gasteiger partial charge is 0.497 e. The van der Waals surface area contributed by atoms with Gasteiger partial charge in [-0.25, -0.2) is 0 Å². The van der Waals surface area contributed by atoms with Gasteiger partial charge in [0.05, 0.1) is 20.6 Å². The Bertz CT molecular complexity index is 489. The van der Waals surface area contributed by atoms with E-state index in [-0.39, 0.29) is 18.4 Å². The number of carbonyl (C=O) groups excluding carboxylic acids is 1. The molecule has 1 heterocycles. The van der Waals surface area contributed by atoms with Crippen LogP contribution in [0.2, 0.25) is 0 Å². The van der Waals surface area contributed by atoms with Gasteiger partial charge in [0.2, 0.25) is 5.91 Å². The fourth-order valence-electron chi connectivity index (χ4n) is 2.71. The molecule has 0 spiro atoms. The summed E-state index contributed by atoms with van der Waals surface area (Å²) in [5.41, 5.74) is 0.856.